The smallest absolute Gasteiger partial charge is 0.163 e. The molecule has 3 heteroatoms. The molecule has 3 nitrogen and oxygen atoms in total. The first-order valence-corrected chi connectivity index (χ1v) is 4.92. The largest absolute Gasteiger partial charge is 0.490 e. The number of nitrogens with zero attached hydrogens (tertiary/aromatic N) is 1. The van der Waals surface area contributed by atoms with Gasteiger partial charge >= 0.3 is 0 Å². The zero-order valence-corrected chi connectivity index (χ0v) is 8.49. The molecule has 0 bridgehead atoms. The van der Waals surface area contributed by atoms with Crippen molar-refractivity contribution in [1.82, 2.24) is 0 Å². The summed E-state index contributed by atoms with van der Waals surface area (Å²) in [7, 11) is 0. The molecule has 0 N–H and O–H groups in total. The Bertz CT molecular complexity index is 441. The van der Waals surface area contributed by atoms with Gasteiger partial charge in [-0.2, -0.15) is 5.26 Å². The first-order valence-electron chi connectivity index (χ1n) is 4.92. The first-order chi connectivity index (χ1) is 7.20. The fourth-order valence-corrected chi connectivity index (χ4v) is 1.34. The van der Waals surface area contributed by atoms with Gasteiger partial charge in [-0.1, -0.05) is 0 Å². The van der Waals surface area contributed by atoms with E-state index >= 15 is 0 Å². The van der Waals surface area contributed by atoms with E-state index in [1.807, 2.05) is 6.07 Å². The Hall–Kier alpha value is -1.82. The number of carbonyl (C=O) groups is 1. The van der Waals surface area contributed by atoms with E-state index in [0.29, 0.717) is 16.9 Å². The third-order valence-electron chi connectivity index (χ3n) is 2.31. The molecule has 0 amide bonds. The number of nitriles is 1. The molecule has 0 aromatic heterocycles. The maximum Gasteiger partial charge on any atom is 0.163 e. The summed E-state index contributed by atoms with van der Waals surface area (Å²) in [4.78, 5) is 11.3. The van der Waals surface area contributed by atoms with Gasteiger partial charge in [0.25, 0.3) is 0 Å². The van der Waals surface area contributed by atoms with Crippen molar-refractivity contribution in [3.63, 3.8) is 0 Å². The molecule has 1 fully saturated rings. The average molecular weight is 201 g/mol. The van der Waals surface area contributed by atoms with E-state index in [-0.39, 0.29) is 11.9 Å². The molecule has 1 aromatic rings. The molecule has 76 valence electrons. The van der Waals surface area contributed by atoms with E-state index in [9.17, 15) is 4.79 Å². The molecule has 0 radical (unpaired) electrons. The summed E-state index contributed by atoms with van der Waals surface area (Å²) in [5.41, 5.74) is 0.990. The lowest BCUT2D eigenvalue weighted by atomic mass is 10.1. The molecule has 0 atom stereocenters. The number of ketones is 1. The fraction of sp³-hybridized carbons (Fsp3) is 0.333. The van der Waals surface area contributed by atoms with Crippen molar-refractivity contribution in [3.8, 4) is 11.8 Å². The minimum absolute atomic E-state index is 0.0669. The Morgan fingerprint density at radius 1 is 1.53 bits per heavy atom. The van der Waals surface area contributed by atoms with Gasteiger partial charge in [0.15, 0.2) is 5.78 Å². The molecule has 15 heavy (non-hydrogen) atoms. The highest BCUT2D eigenvalue weighted by Gasteiger charge is 2.25. The number of carbonyl (C=O) groups excluding carboxylic acids is 1. The van der Waals surface area contributed by atoms with Crippen LogP contribution in [0.2, 0.25) is 0 Å². The van der Waals surface area contributed by atoms with Gasteiger partial charge in [-0.15, -0.1) is 0 Å². The lowest BCUT2D eigenvalue weighted by Crippen LogP contribution is -2.03. The van der Waals surface area contributed by atoms with Crippen LogP contribution >= 0.6 is 0 Å². The van der Waals surface area contributed by atoms with Gasteiger partial charge in [0.1, 0.15) is 5.75 Å². The summed E-state index contributed by atoms with van der Waals surface area (Å²) < 4.78 is 5.59. The van der Waals surface area contributed by atoms with Crippen molar-refractivity contribution in [2.75, 3.05) is 0 Å². The zero-order valence-electron chi connectivity index (χ0n) is 8.49. The van der Waals surface area contributed by atoms with E-state index in [1.165, 1.54) is 6.92 Å². The summed E-state index contributed by atoms with van der Waals surface area (Å²) in [6, 6.07) is 6.97. The Labute approximate surface area is 88.3 Å². The summed E-state index contributed by atoms with van der Waals surface area (Å²) in [6.45, 7) is 1.48. The van der Waals surface area contributed by atoms with Crippen molar-refractivity contribution < 1.29 is 9.53 Å². The third-order valence-corrected chi connectivity index (χ3v) is 2.31. The van der Waals surface area contributed by atoms with Crippen molar-refractivity contribution in [1.29, 1.82) is 5.26 Å². The molecule has 1 saturated carbocycles. The molecule has 1 aliphatic rings. The van der Waals surface area contributed by atoms with E-state index in [4.69, 9.17) is 10.00 Å². The van der Waals surface area contributed by atoms with Gasteiger partial charge in [0.2, 0.25) is 0 Å². The lowest BCUT2D eigenvalue weighted by Gasteiger charge is -2.08. The van der Waals surface area contributed by atoms with Crippen LogP contribution in [-0.2, 0) is 0 Å². The predicted octanol–water partition coefficient (Wildman–Crippen LogP) is 2.30. The summed E-state index contributed by atoms with van der Waals surface area (Å²) in [5, 5.41) is 8.73. The highest BCUT2D eigenvalue weighted by atomic mass is 16.5. The van der Waals surface area contributed by atoms with Gasteiger partial charge < -0.3 is 4.74 Å². The standard InChI is InChI=1S/C12H11NO2/c1-8(14)11-6-9(7-13)2-5-12(11)15-10-3-4-10/h2,5-6,10H,3-4H2,1H3. The Morgan fingerprint density at radius 3 is 2.80 bits per heavy atom. The second-order valence-corrected chi connectivity index (χ2v) is 3.70. The number of hydrogen-bond donors (Lipinski definition) is 0. The monoisotopic (exact) mass is 201 g/mol. The second kappa shape index (κ2) is 3.74. The first kappa shape index (κ1) is 9.72. The molecule has 0 heterocycles. The van der Waals surface area contributed by atoms with Crippen LogP contribution in [0.4, 0.5) is 0 Å². The average Bonchev–Trinajstić information content (AvgIpc) is 3.02. The van der Waals surface area contributed by atoms with Crippen molar-refractivity contribution in [3.05, 3.63) is 29.3 Å². The van der Waals surface area contributed by atoms with Crippen LogP contribution in [0.3, 0.4) is 0 Å². The van der Waals surface area contributed by atoms with Gasteiger partial charge in [-0.05, 0) is 38.0 Å². The normalized spacial score (nSPS) is 14.4. The molecule has 0 spiro atoms. The molecule has 1 aliphatic carbocycles. The fourth-order valence-electron chi connectivity index (χ4n) is 1.34. The molecule has 0 saturated heterocycles. The van der Waals surface area contributed by atoms with Gasteiger partial charge in [0, 0.05) is 0 Å². The van der Waals surface area contributed by atoms with Crippen molar-refractivity contribution in [2.24, 2.45) is 0 Å². The van der Waals surface area contributed by atoms with Crippen LogP contribution in [0.25, 0.3) is 0 Å². The number of hydrogen-bond acceptors (Lipinski definition) is 3. The maximum atomic E-state index is 11.3. The maximum absolute atomic E-state index is 11.3. The Morgan fingerprint density at radius 2 is 2.27 bits per heavy atom. The van der Waals surface area contributed by atoms with Crippen LogP contribution < -0.4 is 4.74 Å². The van der Waals surface area contributed by atoms with E-state index in [1.54, 1.807) is 18.2 Å². The SMILES string of the molecule is CC(=O)c1cc(C#N)ccc1OC1CC1. The lowest BCUT2D eigenvalue weighted by molar-refractivity contribution is 0.101. The minimum Gasteiger partial charge on any atom is -0.490 e. The highest BCUT2D eigenvalue weighted by molar-refractivity contribution is 5.97. The molecule has 2 rings (SSSR count). The molecular formula is C12H11NO2. The van der Waals surface area contributed by atoms with Crippen molar-refractivity contribution >= 4 is 5.78 Å². The van der Waals surface area contributed by atoms with E-state index in [0.717, 1.165) is 12.8 Å². The molecule has 0 unspecified atom stereocenters. The van der Waals surface area contributed by atoms with Crippen LogP contribution in [0.15, 0.2) is 18.2 Å². The summed E-state index contributed by atoms with van der Waals surface area (Å²) in [5.74, 6) is 0.534. The number of rotatable bonds is 3. The minimum atomic E-state index is -0.0669. The van der Waals surface area contributed by atoms with Gasteiger partial charge in [0.05, 0.1) is 23.3 Å². The van der Waals surface area contributed by atoms with E-state index in [2.05, 4.69) is 0 Å². The molecule has 1 aromatic carbocycles. The van der Waals surface area contributed by atoms with Crippen molar-refractivity contribution in [2.45, 2.75) is 25.9 Å². The number of benzene rings is 1. The van der Waals surface area contributed by atoms with Crippen LogP contribution in [-0.4, -0.2) is 11.9 Å². The van der Waals surface area contributed by atoms with Gasteiger partial charge in [-0.25, -0.2) is 0 Å². The van der Waals surface area contributed by atoms with Crippen LogP contribution in [0, 0.1) is 11.3 Å². The highest BCUT2D eigenvalue weighted by Crippen LogP contribution is 2.29. The van der Waals surface area contributed by atoms with Gasteiger partial charge in [-0.3, -0.25) is 4.79 Å². The topological polar surface area (TPSA) is 50.1 Å². The van der Waals surface area contributed by atoms with Crippen LogP contribution in [0.5, 0.6) is 5.75 Å². The summed E-state index contributed by atoms with van der Waals surface area (Å²) in [6.07, 6.45) is 2.37. The second-order valence-electron chi connectivity index (χ2n) is 3.70. The quantitative estimate of drug-likeness (QED) is 0.705. The zero-order chi connectivity index (χ0) is 10.8. The Balaban J connectivity index is 2.35. The number of Topliss-reactive ketones (excluding diaryl/α,β-unsaturated/α-hetero) is 1. The molecular weight excluding hydrogens is 190 g/mol. The number of ether oxygens (including phenoxy) is 1. The van der Waals surface area contributed by atoms with Crippen LogP contribution in [0.1, 0.15) is 35.7 Å². The van der Waals surface area contributed by atoms with E-state index < -0.39 is 0 Å². The molecule has 0 aliphatic heterocycles. The third kappa shape index (κ3) is 2.16. The summed E-state index contributed by atoms with van der Waals surface area (Å²) >= 11 is 0. The Kier molecular flexibility index (Phi) is 2.42. The predicted molar refractivity (Wildman–Crippen MR) is 54.8 cm³/mol.